The number of amides is 1. The Labute approximate surface area is 115 Å². The highest BCUT2D eigenvalue weighted by Crippen LogP contribution is 2.34. The average molecular weight is 281 g/mol. The van der Waals surface area contributed by atoms with Crippen LogP contribution in [0.1, 0.15) is 13.8 Å². The van der Waals surface area contributed by atoms with Gasteiger partial charge in [-0.2, -0.15) is 0 Å². The number of hydrogen-bond acceptors (Lipinski definition) is 3. The molecule has 2 N–H and O–H groups in total. The van der Waals surface area contributed by atoms with E-state index < -0.39 is 4.75 Å². The van der Waals surface area contributed by atoms with Gasteiger partial charge in [-0.05, 0) is 38.1 Å². The van der Waals surface area contributed by atoms with Gasteiger partial charge in [-0.15, -0.1) is 11.8 Å². The van der Waals surface area contributed by atoms with E-state index in [1.807, 2.05) is 18.2 Å². The van der Waals surface area contributed by atoms with Gasteiger partial charge in [0.25, 0.3) is 0 Å². The first-order chi connectivity index (χ1) is 8.40. The second-order valence-electron chi connectivity index (χ2n) is 4.45. The predicted octanol–water partition coefficient (Wildman–Crippen LogP) is 3.24. The number of carbonyl (C=O) groups excluding carboxylic acids is 1. The molecular weight excluding hydrogens is 268 g/mol. The van der Waals surface area contributed by atoms with Crippen molar-refractivity contribution in [3.05, 3.63) is 35.5 Å². The summed E-state index contributed by atoms with van der Waals surface area (Å²) in [6, 6.07) is 7.49. The Morgan fingerprint density at radius 2 is 2.11 bits per heavy atom. The van der Waals surface area contributed by atoms with Crippen LogP contribution in [0.15, 0.2) is 35.4 Å². The zero-order valence-corrected chi connectivity index (χ0v) is 11.7. The smallest absolute Gasteiger partial charge is 0.233 e. The number of carbonyl (C=O) groups is 1. The average Bonchev–Trinajstić information content (AvgIpc) is 2.29. The second-order valence-corrected chi connectivity index (χ2v) is 6.55. The third-order valence-corrected chi connectivity index (χ3v) is 4.16. The van der Waals surface area contributed by atoms with Crippen molar-refractivity contribution in [3.8, 4) is 0 Å². The number of primary amides is 1. The summed E-state index contributed by atoms with van der Waals surface area (Å²) < 4.78 is -0.650. The molecule has 0 aliphatic carbocycles. The van der Waals surface area contributed by atoms with Crippen LogP contribution in [0, 0.1) is 0 Å². The summed E-state index contributed by atoms with van der Waals surface area (Å²) in [4.78, 5) is 16.5. The monoisotopic (exact) mass is 280 g/mol. The lowest BCUT2D eigenvalue weighted by Gasteiger charge is -2.19. The van der Waals surface area contributed by atoms with E-state index in [4.69, 9.17) is 17.3 Å². The van der Waals surface area contributed by atoms with Crippen LogP contribution in [0.25, 0.3) is 10.9 Å². The third kappa shape index (κ3) is 2.60. The Morgan fingerprint density at radius 1 is 1.39 bits per heavy atom. The topological polar surface area (TPSA) is 56.0 Å². The minimum absolute atomic E-state index is 0.343. The number of thioether (sulfide) groups is 1. The van der Waals surface area contributed by atoms with Crippen molar-refractivity contribution in [2.75, 3.05) is 0 Å². The Morgan fingerprint density at radius 3 is 2.78 bits per heavy atom. The highest BCUT2D eigenvalue weighted by molar-refractivity contribution is 8.01. The molecule has 0 saturated heterocycles. The summed E-state index contributed by atoms with van der Waals surface area (Å²) in [6.45, 7) is 3.60. The van der Waals surface area contributed by atoms with Gasteiger partial charge in [0.05, 0.1) is 15.3 Å². The number of aromatic nitrogens is 1. The van der Waals surface area contributed by atoms with Crippen molar-refractivity contribution in [2.24, 2.45) is 5.73 Å². The molecule has 0 unspecified atom stereocenters. The van der Waals surface area contributed by atoms with Gasteiger partial charge >= 0.3 is 0 Å². The molecule has 0 spiro atoms. The number of hydrogen-bond donors (Lipinski definition) is 1. The van der Waals surface area contributed by atoms with Gasteiger partial charge in [0.1, 0.15) is 0 Å². The fourth-order valence-electron chi connectivity index (χ4n) is 1.50. The van der Waals surface area contributed by atoms with Crippen molar-refractivity contribution in [3.63, 3.8) is 0 Å². The number of halogens is 1. The Bertz CT molecular complexity index is 613. The van der Waals surface area contributed by atoms with Crippen LogP contribution in [-0.4, -0.2) is 15.6 Å². The van der Waals surface area contributed by atoms with Crippen LogP contribution in [0.2, 0.25) is 5.02 Å². The summed E-state index contributed by atoms with van der Waals surface area (Å²) in [5.41, 5.74) is 6.20. The molecule has 0 atom stereocenters. The molecule has 0 saturated carbocycles. The molecule has 3 nitrogen and oxygen atoms in total. The van der Waals surface area contributed by atoms with Gasteiger partial charge in [0.15, 0.2) is 0 Å². The second kappa shape index (κ2) is 4.78. The SMILES string of the molecule is CC(C)(Sc1ccc2nccc(Cl)c2c1)C(N)=O. The summed E-state index contributed by atoms with van der Waals surface area (Å²) in [7, 11) is 0. The summed E-state index contributed by atoms with van der Waals surface area (Å²) in [6.07, 6.45) is 1.67. The van der Waals surface area contributed by atoms with Gasteiger partial charge in [0, 0.05) is 16.5 Å². The molecule has 94 valence electrons. The predicted molar refractivity (Wildman–Crippen MR) is 75.9 cm³/mol. The van der Waals surface area contributed by atoms with Crippen LogP contribution in [0.4, 0.5) is 0 Å². The Balaban J connectivity index is 2.42. The molecule has 2 rings (SSSR count). The van der Waals surface area contributed by atoms with Crippen LogP contribution in [0.3, 0.4) is 0 Å². The van der Waals surface area contributed by atoms with Crippen molar-refractivity contribution in [1.82, 2.24) is 4.98 Å². The van der Waals surface area contributed by atoms with Crippen LogP contribution in [0.5, 0.6) is 0 Å². The van der Waals surface area contributed by atoms with E-state index in [-0.39, 0.29) is 5.91 Å². The van der Waals surface area contributed by atoms with Crippen molar-refractivity contribution >= 4 is 40.2 Å². The molecular formula is C13H13ClN2OS. The molecule has 0 aliphatic heterocycles. The fraction of sp³-hybridized carbons (Fsp3) is 0.231. The number of rotatable bonds is 3. The fourth-order valence-corrected chi connectivity index (χ4v) is 2.71. The first-order valence-corrected chi connectivity index (χ1v) is 6.63. The van der Waals surface area contributed by atoms with Crippen LogP contribution >= 0.6 is 23.4 Å². The number of nitrogens with two attached hydrogens (primary N) is 1. The normalized spacial score (nSPS) is 11.7. The summed E-state index contributed by atoms with van der Waals surface area (Å²) in [5.74, 6) is -0.343. The van der Waals surface area contributed by atoms with Crippen molar-refractivity contribution in [1.29, 1.82) is 0 Å². The molecule has 2 aromatic rings. The number of benzene rings is 1. The van der Waals surface area contributed by atoms with E-state index in [2.05, 4.69) is 4.98 Å². The minimum Gasteiger partial charge on any atom is -0.368 e. The van der Waals surface area contributed by atoms with E-state index in [1.165, 1.54) is 11.8 Å². The van der Waals surface area contributed by atoms with Gasteiger partial charge in [-0.1, -0.05) is 11.6 Å². The minimum atomic E-state index is -0.650. The first-order valence-electron chi connectivity index (χ1n) is 5.43. The molecule has 1 aromatic heterocycles. The Hall–Kier alpha value is -1.26. The van der Waals surface area contributed by atoms with E-state index in [9.17, 15) is 4.79 Å². The van der Waals surface area contributed by atoms with Crippen LogP contribution < -0.4 is 5.73 Å². The Kier molecular flexibility index (Phi) is 3.50. The van der Waals surface area contributed by atoms with Gasteiger partial charge in [-0.3, -0.25) is 9.78 Å². The van der Waals surface area contributed by atoms with Crippen molar-refractivity contribution in [2.45, 2.75) is 23.5 Å². The highest BCUT2D eigenvalue weighted by Gasteiger charge is 2.26. The third-order valence-electron chi connectivity index (χ3n) is 2.63. The van der Waals surface area contributed by atoms with E-state index >= 15 is 0 Å². The van der Waals surface area contributed by atoms with E-state index in [1.54, 1.807) is 26.1 Å². The van der Waals surface area contributed by atoms with E-state index in [0.717, 1.165) is 15.8 Å². The summed E-state index contributed by atoms with van der Waals surface area (Å²) >= 11 is 7.54. The quantitative estimate of drug-likeness (QED) is 0.878. The number of nitrogens with zero attached hydrogens (tertiary/aromatic N) is 1. The first kappa shape index (κ1) is 13.2. The van der Waals surface area contributed by atoms with Crippen LogP contribution in [-0.2, 0) is 4.79 Å². The van der Waals surface area contributed by atoms with Gasteiger partial charge in [0.2, 0.25) is 5.91 Å². The lowest BCUT2D eigenvalue weighted by atomic mass is 10.2. The molecule has 1 amide bonds. The molecule has 5 heteroatoms. The standard InChI is InChI=1S/C13H13ClN2OS/c1-13(2,12(15)17)18-8-3-4-11-9(7-8)10(14)5-6-16-11/h3-7H,1-2H3,(H2,15,17). The zero-order chi connectivity index (χ0) is 13.3. The molecule has 0 bridgehead atoms. The molecule has 0 fully saturated rings. The lowest BCUT2D eigenvalue weighted by molar-refractivity contribution is -0.119. The maximum Gasteiger partial charge on any atom is 0.233 e. The maximum absolute atomic E-state index is 11.3. The van der Waals surface area contributed by atoms with Gasteiger partial charge < -0.3 is 5.73 Å². The molecule has 0 radical (unpaired) electrons. The number of fused-ring (bicyclic) bond motifs is 1. The lowest BCUT2D eigenvalue weighted by Crippen LogP contribution is -2.34. The van der Waals surface area contributed by atoms with E-state index in [0.29, 0.717) is 5.02 Å². The molecule has 18 heavy (non-hydrogen) atoms. The largest absolute Gasteiger partial charge is 0.368 e. The molecule has 1 aromatic carbocycles. The molecule has 0 aliphatic rings. The number of pyridine rings is 1. The van der Waals surface area contributed by atoms with Gasteiger partial charge in [-0.25, -0.2) is 0 Å². The highest BCUT2D eigenvalue weighted by atomic mass is 35.5. The zero-order valence-electron chi connectivity index (χ0n) is 10.1. The maximum atomic E-state index is 11.3. The molecule has 1 heterocycles. The summed E-state index contributed by atoms with van der Waals surface area (Å²) in [5, 5.41) is 1.53. The van der Waals surface area contributed by atoms with Crippen molar-refractivity contribution < 1.29 is 4.79 Å².